The van der Waals surface area contributed by atoms with Gasteiger partial charge in [0.2, 0.25) is 0 Å². The van der Waals surface area contributed by atoms with Gasteiger partial charge in [-0.15, -0.1) is 11.3 Å². The average Bonchev–Trinajstić information content (AvgIpc) is 3.25. The number of anilines is 2. The standard InChI is InChI=1S/C36H47ClN2O7S2/c1-34(2,3)45-28(40)20-44-30-29(37)31(47-32(30)33(41)46-35(4,5)6)23-12-10-14-25(18-23)39-26-15-16-27(36(7,8)19-26)48(42,43)21-22-11-9-13-24(38)17-22/h9-14,17-18,26-27,39H,15-16,19-21,38H2,1-8H3/t26-,27-/m0/s1. The Labute approximate surface area is 293 Å². The lowest BCUT2D eigenvalue weighted by molar-refractivity contribution is -0.157. The van der Waals surface area contributed by atoms with Gasteiger partial charge >= 0.3 is 11.9 Å². The second-order valence-electron chi connectivity index (χ2n) is 15.0. The fourth-order valence-corrected chi connectivity index (χ4v) is 9.92. The van der Waals surface area contributed by atoms with Crippen LogP contribution in [0.1, 0.15) is 89.9 Å². The first-order valence-electron chi connectivity index (χ1n) is 16.0. The predicted molar refractivity (Wildman–Crippen MR) is 194 cm³/mol. The summed E-state index contributed by atoms with van der Waals surface area (Å²) in [5.41, 5.74) is 6.77. The van der Waals surface area contributed by atoms with Crippen LogP contribution < -0.4 is 15.8 Å². The Balaban J connectivity index is 1.53. The normalized spacial score (nSPS) is 18.2. The molecule has 1 aliphatic rings. The van der Waals surface area contributed by atoms with Gasteiger partial charge in [-0.2, -0.15) is 0 Å². The minimum Gasteiger partial charge on any atom is -0.479 e. The molecule has 1 heterocycles. The smallest absolute Gasteiger partial charge is 0.352 e. The number of esters is 2. The number of carbonyl (C=O) groups is 2. The third kappa shape index (κ3) is 9.89. The number of hydrogen-bond donors (Lipinski definition) is 2. The molecule has 1 saturated carbocycles. The zero-order valence-electron chi connectivity index (χ0n) is 28.9. The van der Waals surface area contributed by atoms with E-state index in [0.717, 1.165) is 22.6 Å². The number of nitrogens with two attached hydrogens (primary N) is 1. The molecule has 48 heavy (non-hydrogen) atoms. The second kappa shape index (κ2) is 14.3. The summed E-state index contributed by atoms with van der Waals surface area (Å²) < 4.78 is 43.9. The first-order chi connectivity index (χ1) is 22.1. The molecule has 3 aromatic rings. The van der Waals surface area contributed by atoms with Gasteiger partial charge in [-0.05, 0) is 102 Å². The van der Waals surface area contributed by atoms with Gasteiger partial charge in [0.25, 0.3) is 0 Å². The van der Waals surface area contributed by atoms with Gasteiger partial charge in [0, 0.05) is 17.4 Å². The quantitative estimate of drug-likeness (QED) is 0.157. The molecule has 3 N–H and O–H groups in total. The van der Waals surface area contributed by atoms with Crippen LogP contribution in [0.5, 0.6) is 5.75 Å². The fourth-order valence-electron chi connectivity index (χ4n) is 6.07. The lowest BCUT2D eigenvalue weighted by atomic mass is 9.74. The molecule has 0 spiro atoms. The van der Waals surface area contributed by atoms with Crippen molar-refractivity contribution in [1.29, 1.82) is 0 Å². The van der Waals surface area contributed by atoms with Gasteiger partial charge in [-0.1, -0.05) is 49.7 Å². The van der Waals surface area contributed by atoms with Crippen molar-refractivity contribution >= 4 is 56.1 Å². The summed E-state index contributed by atoms with van der Waals surface area (Å²) in [6.45, 7) is 14.2. The van der Waals surface area contributed by atoms with Crippen LogP contribution in [0.4, 0.5) is 11.4 Å². The molecule has 2 aromatic carbocycles. The number of sulfone groups is 1. The molecule has 0 unspecified atom stereocenters. The Kier molecular flexibility index (Phi) is 11.2. The Morgan fingerprint density at radius 1 is 1.00 bits per heavy atom. The summed E-state index contributed by atoms with van der Waals surface area (Å²) in [7, 11) is -3.42. The molecule has 2 atom stereocenters. The van der Waals surface area contributed by atoms with Gasteiger partial charge in [-0.3, -0.25) is 0 Å². The molecule has 0 aliphatic heterocycles. The molecule has 262 valence electrons. The molecule has 0 radical (unpaired) electrons. The fraction of sp³-hybridized carbons (Fsp3) is 0.500. The van der Waals surface area contributed by atoms with Crippen molar-refractivity contribution in [2.75, 3.05) is 17.7 Å². The second-order valence-corrected chi connectivity index (χ2v) is 18.6. The maximum absolute atomic E-state index is 13.5. The number of nitrogens with one attached hydrogen (secondary N) is 1. The lowest BCUT2D eigenvalue weighted by Gasteiger charge is -2.42. The van der Waals surface area contributed by atoms with Gasteiger partial charge in [-0.25, -0.2) is 18.0 Å². The number of halogens is 1. The monoisotopic (exact) mass is 718 g/mol. The van der Waals surface area contributed by atoms with Crippen molar-refractivity contribution < 1.29 is 32.2 Å². The Morgan fingerprint density at radius 3 is 2.29 bits per heavy atom. The highest BCUT2D eigenvalue weighted by Gasteiger charge is 2.44. The van der Waals surface area contributed by atoms with Crippen molar-refractivity contribution in [3.8, 4) is 16.2 Å². The zero-order chi connectivity index (χ0) is 35.7. The largest absolute Gasteiger partial charge is 0.479 e. The van der Waals surface area contributed by atoms with E-state index in [0.29, 0.717) is 35.4 Å². The van der Waals surface area contributed by atoms with Gasteiger partial charge in [0.1, 0.15) is 16.2 Å². The maximum Gasteiger partial charge on any atom is 0.352 e. The van der Waals surface area contributed by atoms with E-state index in [1.54, 1.807) is 65.8 Å². The van der Waals surface area contributed by atoms with Crippen LogP contribution in [0.2, 0.25) is 5.02 Å². The highest BCUT2D eigenvalue weighted by Crippen LogP contribution is 2.47. The van der Waals surface area contributed by atoms with E-state index in [2.05, 4.69) is 5.32 Å². The molecular weight excluding hydrogens is 672 g/mol. The third-order valence-electron chi connectivity index (χ3n) is 7.82. The van der Waals surface area contributed by atoms with E-state index in [1.807, 2.05) is 38.1 Å². The Hall–Kier alpha value is -3.28. The van der Waals surface area contributed by atoms with Crippen LogP contribution in [0.25, 0.3) is 10.4 Å². The highest BCUT2D eigenvalue weighted by atomic mass is 35.5. The van der Waals surface area contributed by atoms with E-state index >= 15 is 0 Å². The maximum atomic E-state index is 13.5. The van der Waals surface area contributed by atoms with Crippen molar-refractivity contribution in [2.24, 2.45) is 5.41 Å². The Morgan fingerprint density at radius 2 is 1.67 bits per heavy atom. The van der Waals surface area contributed by atoms with Crippen LogP contribution in [0.3, 0.4) is 0 Å². The molecule has 1 aliphatic carbocycles. The third-order valence-corrected chi connectivity index (χ3v) is 12.0. The lowest BCUT2D eigenvalue weighted by Crippen LogP contribution is -2.45. The van der Waals surface area contributed by atoms with Crippen molar-refractivity contribution in [3.63, 3.8) is 0 Å². The summed E-state index contributed by atoms with van der Waals surface area (Å²) in [6, 6.07) is 14.7. The number of ether oxygens (including phenoxy) is 3. The number of thiophene rings is 1. The van der Waals surface area contributed by atoms with Crippen LogP contribution in [-0.4, -0.2) is 49.5 Å². The summed E-state index contributed by atoms with van der Waals surface area (Å²) in [4.78, 5) is 26.4. The first-order valence-corrected chi connectivity index (χ1v) is 18.9. The van der Waals surface area contributed by atoms with Crippen LogP contribution in [-0.2, 0) is 29.9 Å². The van der Waals surface area contributed by atoms with E-state index in [4.69, 9.17) is 31.5 Å². The molecule has 0 bridgehead atoms. The molecule has 12 heteroatoms. The van der Waals surface area contributed by atoms with E-state index in [1.165, 1.54) is 0 Å². The van der Waals surface area contributed by atoms with Crippen LogP contribution >= 0.6 is 22.9 Å². The van der Waals surface area contributed by atoms with Crippen molar-refractivity contribution in [1.82, 2.24) is 0 Å². The number of nitrogen functional groups attached to an aromatic ring is 1. The van der Waals surface area contributed by atoms with Gasteiger partial charge in [0.15, 0.2) is 27.1 Å². The summed E-state index contributed by atoms with van der Waals surface area (Å²) in [5, 5.41) is 3.31. The van der Waals surface area contributed by atoms with E-state index in [9.17, 15) is 18.0 Å². The highest BCUT2D eigenvalue weighted by molar-refractivity contribution is 7.91. The van der Waals surface area contributed by atoms with E-state index < -0.39 is 50.2 Å². The molecule has 4 rings (SSSR count). The van der Waals surface area contributed by atoms with Crippen molar-refractivity contribution in [2.45, 2.75) is 103 Å². The minimum absolute atomic E-state index is 0.0391. The Bertz CT molecular complexity index is 1750. The molecule has 1 aromatic heterocycles. The molecular formula is C36H47ClN2O7S2. The average molecular weight is 719 g/mol. The summed E-state index contributed by atoms with van der Waals surface area (Å²) in [5.74, 6) is -1.18. The number of hydrogen-bond acceptors (Lipinski definition) is 10. The van der Waals surface area contributed by atoms with Gasteiger partial charge < -0.3 is 25.3 Å². The number of benzene rings is 2. The predicted octanol–water partition coefficient (Wildman–Crippen LogP) is 8.30. The van der Waals surface area contributed by atoms with E-state index in [-0.39, 0.29) is 27.4 Å². The molecule has 0 saturated heterocycles. The topological polar surface area (TPSA) is 134 Å². The summed E-state index contributed by atoms with van der Waals surface area (Å²) >= 11 is 7.97. The van der Waals surface area contributed by atoms with Crippen LogP contribution in [0.15, 0.2) is 48.5 Å². The SMILES string of the molecule is CC(C)(C)OC(=O)COc1c(C(=O)OC(C)(C)C)sc(-c2cccc(N[C@H]3CC[C@H](S(=O)(=O)Cc4cccc(N)c4)C(C)(C)C3)c2)c1Cl. The minimum atomic E-state index is -3.42. The molecule has 0 amide bonds. The van der Waals surface area contributed by atoms with Crippen molar-refractivity contribution in [3.05, 3.63) is 64.0 Å². The van der Waals surface area contributed by atoms with Crippen LogP contribution in [0, 0.1) is 5.41 Å². The summed E-state index contributed by atoms with van der Waals surface area (Å²) in [6.07, 6.45) is 1.87. The molecule has 1 fully saturated rings. The molecule has 9 nitrogen and oxygen atoms in total. The number of rotatable bonds is 10. The first kappa shape index (κ1) is 37.5. The number of carbonyl (C=O) groups excluding carboxylic acids is 2. The van der Waals surface area contributed by atoms with Gasteiger partial charge in [0.05, 0.1) is 15.9 Å². The zero-order valence-corrected chi connectivity index (χ0v) is 31.3.